The first-order valence-corrected chi connectivity index (χ1v) is 17.1. The van der Waals surface area contributed by atoms with Crippen molar-refractivity contribution < 1.29 is 28.3 Å². The number of carbonyl (C=O) groups is 4. The molecule has 47 heavy (non-hydrogen) atoms. The number of rotatable bonds is 8. The number of hydrogen-bond donors (Lipinski definition) is 0. The molecule has 1 aromatic heterocycles. The van der Waals surface area contributed by atoms with Crippen LogP contribution in [0.3, 0.4) is 0 Å². The fourth-order valence-electron chi connectivity index (χ4n) is 7.56. The third kappa shape index (κ3) is 5.46. The molecule has 1 saturated heterocycles. The zero-order valence-electron chi connectivity index (χ0n) is 25.1. The van der Waals surface area contributed by atoms with Crippen LogP contribution in [0.1, 0.15) is 52.0 Å². The molecule has 2 bridgehead atoms. The lowest BCUT2D eigenvalue weighted by Crippen LogP contribution is -2.32. The number of amides is 2. The van der Waals surface area contributed by atoms with Crippen molar-refractivity contribution in [2.24, 2.45) is 23.7 Å². The molecule has 3 fully saturated rings. The summed E-state index contributed by atoms with van der Waals surface area (Å²) >= 11 is 16.0. The van der Waals surface area contributed by atoms with Crippen LogP contribution < -0.4 is 4.90 Å². The van der Waals surface area contributed by atoms with Gasteiger partial charge >= 0.3 is 5.97 Å². The summed E-state index contributed by atoms with van der Waals surface area (Å²) in [6.07, 6.45) is 1.81. The smallest absolute Gasteiger partial charge is 0.339 e. The predicted molar refractivity (Wildman–Crippen MR) is 180 cm³/mol. The first kappa shape index (κ1) is 31.9. The maximum absolute atomic E-state index is 13.8. The molecule has 2 saturated carbocycles. The van der Waals surface area contributed by atoms with Crippen LogP contribution in [-0.2, 0) is 14.3 Å². The van der Waals surface area contributed by atoms with Gasteiger partial charge in [0, 0.05) is 33.3 Å². The fraction of sp³-hybridized carbons (Fsp3) is 0.306. The highest BCUT2D eigenvalue weighted by molar-refractivity contribution is 9.10. The summed E-state index contributed by atoms with van der Waals surface area (Å²) < 4.78 is 19.8. The zero-order valence-corrected chi connectivity index (χ0v) is 28.2. The first-order valence-electron chi connectivity index (χ1n) is 15.4. The van der Waals surface area contributed by atoms with E-state index in [2.05, 4.69) is 15.9 Å². The molecule has 7 rings (SSSR count). The number of carbonyl (C=O) groups excluding carboxylic acids is 4. The molecule has 3 aromatic carbocycles. The number of halogens is 4. The fourth-order valence-corrected chi connectivity index (χ4v) is 8.43. The topological polar surface area (TPSA) is 93.6 Å². The van der Waals surface area contributed by atoms with E-state index in [1.165, 1.54) is 17.0 Å². The van der Waals surface area contributed by atoms with Gasteiger partial charge in [-0.05, 0) is 108 Å². The molecule has 4 aromatic rings. The molecular formula is C36H28BrCl2FN2O5. The molecule has 2 heterocycles. The minimum Gasteiger partial charge on any atom is -0.450 e. The Balaban J connectivity index is 1.23. The van der Waals surface area contributed by atoms with Crippen molar-refractivity contribution in [1.82, 2.24) is 4.98 Å². The predicted octanol–water partition coefficient (Wildman–Crippen LogP) is 8.34. The average Bonchev–Trinajstić information content (AvgIpc) is 3.76. The number of fused-ring (bicyclic) bond motifs is 6. The van der Waals surface area contributed by atoms with E-state index >= 15 is 0 Å². The van der Waals surface area contributed by atoms with Gasteiger partial charge in [-0.1, -0.05) is 23.7 Å². The van der Waals surface area contributed by atoms with Gasteiger partial charge in [-0.3, -0.25) is 19.3 Å². The number of aromatic nitrogens is 1. The molecule has 1 aliphatic heterocycles. The van der Waals surface area contributed by atoms with Crippen LogP contribution in [0.25, 0.3) is 22.2 Å². The summed E-state index contributed by atoms with van der Waals surface area (Å²) in [5, 5.41) is 0.881. The zero-order chi connectivity index (χ0) is 33.1. The van der Waals surface area contributed by atoms with Crippen molar-refractivity contribution in [3.05, 3.63) is 92.7 Å². The van der Waals surface area contributed by atoms with E-state index in [0.717, 1.165) is 31.4 Å². The Bertz CT molecular complexity index is 1940. The number of alkyl halides is 1. The third-order valence-corrected chi connectivity index (χ3v) is 11.4. The number of aryl methyl sites for hydroxylation is 1. The molecule has 2 amide bonds. The molecule has 0 spiro atoms. The second-order valence-corrected chi connectivity index (χ2v) is 14.0. The van der Waals surface area contributed by atoms with Gasteiger partial charge in [-0.25, -0.2) is 14.2 Å². The summed E-state index contributed by atoms with van der Waals surface area (Å²) in [6.45, 7) is 1.79. The number of Topliss-reactive ketones (excluding diaryl/α,β-unsaturated/α-hetero) is 1. The Kier molecular flexibility index (Phi) is 8.43. The van der Waals surface area contributed by atoms with Gasteiger partial charge in [0.2, 0.25) is 17.6 Å². The second-order valence-electron chi connectivity index (χ2n) is 12.4. The SMILES string of the molecule is Cc1c(Cl)c(Br)cc2c(C(=O)OC(CCCl)C(=O)c3ccc(F)cc3)cc(-c3ccc(N4C(=O)C5C6CCC(C6)C5C4=O)cc3)nc12. The summed E-state index contributed by atoms with van der Waals surface area (Å²) in [7, 11) is 0. The van der Waals surface area contributed by atoms with E-state index in [4.69, 9.17) is 32.9 Å². The van der Waals surface area contributed by atoms with Crippen molar-refractivity contribution in [3.63, 3.8) is 0 Å². The first-order chi connectivity index (χ1) is 22.6. The van der Waals surface area contributed by atoms with E-state index in [9.17, 15) is 23.6 Å². The van der Waals surface area contributed by atoms with Crippen molar-refractivity contribution in [2.75, 3.05) is 10.8 Å². The molecule has 7 nitrogen and oxygen atoms in total. The highest BCUT2D eigenvalue weighted by atomic mass is 79.9. The van der Waals surface area contributed by atoms with Crippen molar-refractivity contribution in [3.8, 4) is 11.3 Å². The molecule has 3 aliphatic rings. The number of anilines is 1. The van der Waals surface area contributed by atoms with E-state index < -0.39 is 23.7 Å². The molecule has 2 aliphatic carbocycles. The van der Waals surface area contributed by atoms with Gasteiger partial charge in [0.05, 0.1) is 39.3 Å². The lowest BCUT2D eigenvalue weighted by molar-refractivity contribution is -0.123. The number of ketones is 1. The van der Waals surface area contributed by atoms with Gasteiger partial charge in [0.15, 0.2) is 6.10 Å². The Hall–Kier alpha value is -3.66. The molecule has 240 valence electrons. The minimum absolute atomic E-state index is 0.0463. The average molecular weight is 738 g/mol. The number of imide groups is 1. The molecule has 5 atom stereocenters. The van der Waals surface area contributed by atoms with Gasteiger partial charge in [0.1, 0.15) is 5.82 Å². The number of nitrogens with zero attached hydrogens (tertiary/aromatic N) is 2. The van der Waals surface area contributed by atoms with Crippen LogP contribution in [0, 0.1) is 36.4 Å². The lowest BCUT2D eigenvalue weighted by Gasteiger charge is -2.19. The van der Waals surface area contributed by atoms with Crippen molar-refractivity contribution in [1.29, 1.82) is 0 Å². The van der Waals surface area contributed by atoms with E-state index in [-0.39, 0.29) is 58.9 Å². The van der Waals surface area contributed by atoms with E-state index in [1.807, 2.05) is 0 Å². The summed E-state index contributed by atoms with van der Waals surface area (Å²) in [6, 6.07) is 15.2. The monoisotopic (exact) mass is 736 g/mol. The van der Waals surface area contributed by atoms with Gasteiger partial charge < -0.3 is 4.74 Å². The van der Waals surface area contributed by atoms with Crippen LogP contribution in [0.4, 0.5) is 10.1 Å². The van der Waals surface area contributed by atoms with Crippen molar-refractivity contribution >= 4 is 79.3 Å². The molecule has 11 heteroatoms. The van der Waals surface area contributed by atoms with Crippen molar-refractivity contribution in [2.45, 2.75) is 38.7 Å². The lowest BCUT2D eigenvalue weighted by atomic mass is 9.81. The minimum atomic E-state index is -1.21. The van der Waals surface area contributed by atoms with Gasteiger partial charge in [-0.2, -0.15) is 0 Å². The Morgan fingerprint density at radius 1 is 1.02 bits per heavy atom. The second kappa shape index (κ2) is 12.4. The molecule has 0 radical (unpaired) electrons. The highest BCUT2D eigenvalue weighted by Crippen LogP contribution is 2.56. The van der Waals surface area contributed by atoms with Gasteiger partial charge in [0.25, 0.3) is 0 Å². The van der Waals surface area contributed by atoms with Crippen LogP contribution in [0.2, 0.25) is 5.02 Å². The van der Waals surface area contributed by atoms with Crippen LogP contribution in [0.15, 0.2) is 65.1 Å². The maximum atomic E-state index is 13.8. The van der Waals surface area contributed by atoms with Crippen LogP contribution >= 0.6 is 39.1 Å². The summed E-state index contributed by atoms with van der Waals surface area (Å²) in [5.74, 6) is -1.83. The molecule has 5 unspecified atom stereocenters. The van der Waals surface area contributed by atoms with Gasteiger partial charge in [-0.15, -0.1) is 11.6 Å². The highest BCUT2D eigenvalue weighted by Gasteiger charge is 2.61. The van der Waals surface area contributed by atoms with E-state index in [0.29, 0.717) is 42.9 Å². The Morgan fingerprint density at radius 2 is 1.66 bits per heavy atom. The van der Waals surface area contributed by atoms with Crippen LogP contribution in [-0.4, -0.2) is 40.5 Å². The Labute approximate surface area is 288 Å². The largest absolute Gasteiger partial charge is 0.450 e. The number of benzene rings is 3. The van der Waals surface area contributed by atoms with Crippen LogP contribution in [0.5, 0.6) is 0 Å². The standard InChI is InChI=1S/C36H28BrCl2FN2O5/c1-17-31(39)26(37)15-24-25(36(46)47-28(12-13-38)33(43)19-4-8-22(40)9-5-19)16-27(41-32(17)24)18-6-10-23(11-7-18)42-34(44)29-20-2-3-21(14-20)30(29)35(42)45/h4-11,15-16,20-21,28-30H,2-3,12-14H2,1H3. The van der Waals surface area contributed by atoms with E-state index in [1.54, 1.807) is 43.3 Å². The summed E-state index contributed by atoms with van der Waals surface area (Å²) in [5.41, 5.74) is 2.97. The normalized spacial score (nSPS) is 22.2. The number of esters is 1. The quantitative estimate of drug-likeness (QED) is 0.0782. The molecular weight excluding hydrogens is 710 g/mol. The number of ether oxygens (including phenoxy) is 1. The summed E-state index contributed by atoms with van der Waals surface area (Å²) in [4.78, 5) is 60.0. The maximum Gasteiger partial charge on any atom is 0.339 e. The Morgan fingerprint density at radius 3 is 2.28 bits per heavy atom. The number of pyridine rings is 1. The molecule has 0 N–H and O–H groups in total. The third-order valence-electron chi connectivity index (χ3n) is 9.83. The number of hydrogen-bond acceptors (Lipinski definition) is 6.